The summed E-state index contributed by atoms with van der Waals surface area (Å²) in [5.41, 5.74) is 0.463. The highest BCUT2D eigenvalue weighted by Crippen LogP contribution is 2.27. The maximum absolute atomic E-state index is 13.1. The van der Waals surface area contributed by atoms with Gasteiger partial charge in [-0.2, -0.15) is 4.31 Å². The molecule has 13 heteroatoms. The Morgan fingerprint density at radius 1 is 1.14 bits per heavy atom. The third-order valence-corrected chi connectivity index (χ3v) is 5.98. The van der Waals surface area contributed by atoms with E-state index >= 15 is 0 Å². The molecule has 0 heterocycles. The molecule has 0 bridgehead atoms. The molecule has 0 saturated carbocycles. The molecule has 12 nitrogen and oxygen atoms in total. The van der Waals surface area contributed by atoms with Crippen LogP contribution in [0.5, 0.6) is 0 Å². The fraction of sp³-hybridized carbons (Fsp3) is 0.188. The Morgan fingerprint density at radius 2 is 1.79 bits per heavy atom. The van der Waals surface area contributed by atoms with Gasteiger partial charge in [-0.1, -0.05) is 24.3 Å². The largest absolute Gasteiger partial charge is 0.289 e. The minimum Gasteiger partial charge on any atom is -0.289 e. The van der Waals surface area contributed by atoms with E-state index in [1.807, 2.05) is 0 Å². The first-order chi connectivity index (χ1) is 13.6. The van der Waals surface area contributed by atoms with Crippen molar-refractivity contribution in [1.29, 1.82) is 0 Å². The molecule has 0 fully saturated rings. The Kier molecular flexibility index (Phi) is 6.58. The number of hydrogen-bond acceptors (Lipinski definition) is 8. The molecule has 1 atom stereocenters. The van der Waals surface area contributed by atoms with Crippen LogP contribution >= 0.6 is 0 Å². The summed E-state index contributed by atoms with van der Waals surface area (Å²) in [6, 6.07) is 8.01. The number of nitro groups is 2. The minimum atomic E-state index is -4.52. The van der Waals surface area contributed by atoms with Crippen LogP contribution in [-0.4, -0.2) is 39.7 Å². The van der Waals surface area contributed by atoms with Gasteiger partial charge in [-0.05, 0) is 13.0 Å². The number of rotatable bonds is 8. The maximum atomic E-state index is 13.1. The number of hydroxylamine groups is 1. The van der Waals surface area contributed by atoms with Crippen LogP contribution in [0.15, 0.2) is 53.4 Å². The lowest BCUT2D eigenvalue weighted by Crippen LogP contribution is -2.46. The Balaban J connectivity index is 2.59. The normalized spacial score (nSPS) is 12.4. The fourth-order valence-electron chi connectivity index (χ4n) is 2.54. The van der Waals surface area contributed by atoms with Gasteiger partial charge in [-0.3, -0.25) is 30.2 Å². The third kappa shape index (κ3) is 4.71. The summed E-state index contributed by atoms with van der Waals surface area (Å²) in [7, 11) is -4.52. The van der Waals surface area contributed by atoms with Crippen molar-refractivity contribution >= 4 is 27.3 Å². The van der Waals surface area contributed by atoms with E-state index in [2.05, 4.69) is 0 Å². The highest BCUT2D eigenvalue weighted by molar-refractivity contribution is 7.89. The van der Waals surface area contributed by atoms with Crippen molar-refractivity contribution in [2.45, 2.75) is 24.4 Å². The van der Waals surface area contributed by atoms with Crippen molar-refractivity contribution in [2.24, 2.45) is 0 Å². The Hall–Kier alpha value is -3.42. The first-order valence-corrected chi connectivity index (χ1v) is 9.46. The van der Waals surface area contributed by atoms with Gasteiger partial charge in [0.15, 0.2) is 0 Å². The quantitative estimate of drug-likeness (QED) is 0.365. The van der Waals surface area contributed by atoms with Gasteiger partial charge in [-0.15, -0.1) is 0 Å². The Labute approximate surface area is 164 Å². The van der Waals surface area contributed by atoms with Gasteiger partial charge in [0.2, 0.25) is 10.0 Å². The molecule has 0 aliphatic rings. The summed E-state index contributed by atoms with van der Waals surface area (Å²) in [6.45, 7) is 0.575. The lowest BCUT2D eigenvalue weighted by Gasteiger charge is -2.26. The molecular weight excluding hydrogens is 408 g/mol. The number of non-ortho nitro benzene ring substituents is 1. The zero-order valence-corrected chi connectivity index (χ0v) is 15.8. The zero-order valence-electron chi connectivity index (χ0n) is 15.0. The smallest absolute Gasteiger partial charge is 0.273 e. The molecule has 1 amide bonds. The number of para-hydroxylation sites is 1. The maximum Gasteiger partial charge on any atom is 0.273 e. The molecule has 1 unspecified atom stereocenters. The molecule has 0 spiro atoms. The van der Waals surface area contributed by atoms with Gasteiger partial charge in [0, 0.05) is 30.3 Å². The number of carbonyl (C=O) groups excluding carboxylic acids is 1. The number of sulfonamides is 1. The number of nitrogens with zero attached hydrogens (tertiary/aromatic N) is 3. The van der Waals surface area contributed by atoms with E-state index < -0.39 is 48.9 Å². The second kappa shape index (κ2) is 8.72. The first kappa shape index (κ1) is 21.9. The van der Waals surface area contributed by atoms with Crippen molar-refractivity contribution in [3.05, 3.63) is 74.3 Å². The fourth-order valence-corrected chi connectivity index (χ4v) is 4.15. The number of nitro benzene ring substituents is 2. The molecule has 154 valence electrons. The standard InChI is InChI=1S/C16H16N4O8S/c1-11(16(21)17-22)18(10-12-5-2-3-8-15(12)20(25)26)29(27,28)14-7-4-6-13(9-14)19(23)24/h2-9,11,22H,10H2,1H3,(H,17,21). The summed E-state index contributed by atoms with van der Waals surface area (Å²) >= 11 is 0. The van der Waals surface area contributed by atoms with Crippen molar-refractivity contribution < 1.29 is 28.3 Å². The van der Waals surface area contributed by atoms with Gasteiger partial charge in [-0.25, -0.2) is 13.9 Å². The number of benzene rings is 2. The van der Waals surface area contributed by atoms with Crippen molar-refractivity contribution in [2.75, 3.05) is 0 Å². The minimum absolute atomic E-state index is 0.0101. The third-order valence-electron chi connectivity index (χ3n) is 4.07. The topological polar surface area (TPSA) is 173 Å². The highest BCUT2D eigenvalue weighted by atomic mass is 32.2. The molecule has 0 saturated heterocycles. The van der Waals surface area contributed by atoms with Crippen LogP contribution in [0, 0.1) is 20.2 Å². The van der Waals surface area contributed by atoms with Gasteiger partial charge >= 0.3 is 0 Å². The van der Waals surface area contributed by atoms with Gasteiger partial charge in [0.05, 0.1) is 14.7 Å². The molecule has 2 rings (SSSR count). The van der Waals surface area contributed by atoms with Crippen LogP contribution in [0.4, 0.5) is 11.4 Å². The van der Waals surface area contributed by atoms with Gasteiger partial charge < -0.3 is 0 Å². The molecule has 0 aliphatic carbocycles. The molecule has 2 aromatic rings. The molecule has 2 aromatic carbocycles. The van der Waals surface area contributed by atoms with Crippen LogP contribution in [0.2, 0.25) is 0 Å². The predicted molar refractivity (Wildman–Crippen MR) is 98.3 cm³/mol. The monoisotopic (exact) mass is 424 g/mol. The molecule has 0 aliphatic heterocycles. The van der Waals surface area contributed by atoms with Gasteiger partial charge in [0.25, 0.3) is 17.3 Å². The van der Waals surface area contributed by atoms with E-state index in [4.69, 9.17) is 5.21 Å². The van der Waals surface area contributed by atoms with Crippen LogP contribution in [-0.2, 0) is 21.4 Å². The number of amides is 1. The number of nitrogens with one attached hydrogen (secondary N) is 1. The summed E-state index contributed by atoms with van der Waals surface area (Å²) in [4.78, 5) is 32.2. The highest BCUT2D eigenvalue weighted by Gasteiger charge is 2.35. The van der Waals surface area contributed by atoms with E-state index in [9.17, 15) is 33.4 Å². The van der Waals surface area contributed by atoms with Gasteiger partial charge in [0.1, 0.15) is 6.04 Å². The molecule has 0 aromatic heterocycles. The van der Waals surface area contributed by atoms with E-state index in [1.165, 1.54) is 29.7 Å². The lowest BCUT2D eigenvalue weighted by molar-refractivity contribution is -0.385. The Bertz CT molecular complexity index is 1060. The summed E-state index contributed by atoms with van der Waals surface area (Å²) in [5, 5.41) is 31.1. The van der Waals surface area contributed by atoms with E-state index in [0.29, 0.717) is 4.31 Å². The van der Waals surface area contributed by atoms with Crippen molar-refractivity contribution in [3.63, 3.8) is 0 Å². The predicted octanol–water partition coefficient (Wildman–Crippen LogP) is 1.59. The van der Waals surface area contributed by atoms with Crippen LogP contribution in [0.1, 0.15) is 12.5 Å². The molecular formula is C16H16N4O8S. The number of carbonyl (C=O) groups is 1. The lowest BCUT2D eigenvalue weighted by atomic mass is 10.1. The summed E-state index contributed by atoms with van der Waals surface area (Å²) in [5.74, 6) is -1.09. The average Bonchev–Trinajstić information content (AvgIpc) is 2.70. The van der Waals surface area contributed by atoms with Crippen LogP contribution < -0.4 is 5.48 Å². The van der Waals surface area contributed by atoms with E-state index in [0.717, 1.165) is 31.2 Å². The van der Waals surface area contributed by atoms with E-state index in [1.54, 1.807) is 0 Å². The average molecular weight is 424 g/mol. The molecule has 29 heavy (non-hydrogen) atoms. The second-order valence-electron chi connectivity index (χ2n) is 5.84. The van der Waals surface area contributed by atoms with Crippen LogP contribution in [0.25, 0.3) is 0 Å². The van der Waals surface area contributed by atoms with Crippen LogP contribution in [0.3, 0.4) is 0 Å². The molecule has 2 N–H and O–H groups in total. The second-order valence-corrected chi connectivity index (χ2v) is 7.73. The summed E-state index contributed by atoms with van der Waals surface area (Å²) in [6.07, 6.45) is 0. The molecule has 0 radical (unpaired) electrons. The van der Waals surface area contributed by atoms with Crippen molar-refractivity contribution in [1.82, 2.24) is 9.79 Å². The SMILES string of the molecule is CC(C(=O)NO)N(Cc1ccccc1[N+](=O)[O-])S(=O)(=O)c1cccc([N+](=O)[O-])c1. The number of hydrogen-bond donors (Lipinski definition) is 2. The first-order valence-electron chi connectivity index (χ1n) is 8.02. The van der Waals surface area contributed by atoms with Crippen molar-refractivity contribution in [3.8, 4) is 0 Å². The zero-order chi connectivity index (χ0) is 21.8. The van der Waals surface area contributed by atoms with E-state index in [-0.39, 0.29) is 11.3 Å². The summed E-state index contributed by atoms with van der Waals surface area (Å²) < 4.78 is 26.9. The Morgan fingerprint density at radius 3 is 2.38 bits per heavy atom.